The lowest BCUT2D eigenvalue weighted by Crippen LogP contribution is -2.16. The van der Waals surface area contributed by atoms with Gasteiger partial charge in [0.15, 0.2) is 0 Å². The monoisotopic (exact) mass is 307 g/mol. The molecule has 21 heavy (non-hydrogen) atoms. The first-order valence-electron chi connectivity index (χ1n) is 5.99. The molecule has 2 N–H and O–H groups in total. The fraction of sp³-hybridized carbons (Fsp3) is 0.0667. The lowest BCUT2D eigenvalue weighted by atomic mass is 10.1. The van der Waals surface area contributed by atoms with Crippen LogP contribution >= 0.6 is 11.6 Å². The molecule has 0 radical (unpaired) electrons. The van der Waals surface area contributed by atoms with Crippen molar-refractivity contribution in [3.05, 3.63) is 63.9 Å². The summed E-state index contributed by atoms with van der Waals surface area (Å²) < 4.78 is 13.7. The molecule has 0 aliphatic heterocycles. The number of aromatic carboxylic acids is 1. The van der Waals surface area contributed by atoms with E-state index in [9.17, 15) is 14.0 Å². The molecule has 2 rings (SSSR count). The highest BCUT2D eigenvalue weighted by atomic mass is 35.5. The summed E-state index contributed by atoms with van der Waals surface area (Å²) in [4.78, 5) is 23.2. The third-order valence-electron chi connectivity index (χ3n) is 2.83. The number of aryl methyl sites for hydroxylation is 1. The van der Waals surface area contributed by atoms with Gasteiger partial charge in [-0.1, -0.05) is 23.2 Å². The van der Waals surface area contributed by atoms with Crippen LogP contribution in [0.4, 0.5) is 10.1 Å². The van der Waals surface area contributed by atoms with Crippen molar-refractivity contribution in [3.8, 4) is 0 Å². The summed E-state index contributed by atoms with van der Waals surface area (Å²) in [6.45, 7) is 1.73. The standard InChI is InChI=1S/C15H11ClFNO3/c1-8-2-5-13(11(6-8)15(20)21)18-14(19)10-4-3-9(16)7-12(10)17/h2-7H,1H3,(H,18,19)(H,20,21). The maximum absolute atomic E-state index is 13.7. The van der Waals surface area contributed by atoms with Gasteiger partial charge in [-0.25, -0.2) is 9.18 Å². The number of rotatable bonds is 3. The molecule has 0 aliphatic carbocycles. The van der Waals surface area contributed by atoms with E-state index in [0.29, 0.717) is 0 Å². The number of carboxylic acid groups (broad SMARTS) is 1. The van der Waals surface area contributed by atoms with Crippen LogP contribution in [-0.2, 0) is 0 Å². The minimum atomic E-state index is -1.18. The summed E-state index contributed by atoms with van der Waals surface area (Å²) in [5, 5.41) is 11.7. The van der Waals surface area contributed by atoms with E-state index in [1.54, 1.807) is 13.0 Å². The van der Waals surface area contributed by atoms with Crippen molar-refractivity contribution in [2.75, 3.05) is 5.32 Å². The van der Waals surface area contributed by atoms with Gasteiger partial charge in [0.25, 0.3) is 5.91 Å². The molecule has 0 saturated carbocycles. The Balaban J connectivity index is 2.34. The van der Waals surface area contributed by atoms with Crippen molar-refractivity contribution in [1.29, 1.82) is 0 Å². The highest BCUT2D eigenvalue weighted by Gasteiger charge is 2.16. The van der Waals surface area contributed by atoms with Crippen LogP contribution in [0, 0.1) is 12.7 Å². The number of hydrogen-bond donors (Lipinski definition) is 2. The number of halogens is 2. The summed E-state index contributed by atoms with van der Waals surface area (Å²) in [5.41, 5.74) is 0.574. The zero-order valence-electron chi connectivity index (χ0n) is 11.0. The number of carbonyl (C=O) groups excluding carboxylic acids is 1. The van der Waals surface area contributed by atoms with Crippen molar-refractivity contribution in [1.82, 2.24) is 0 Å². The molecule has 0 heterocycles. The number of anilines is 1. The van der Waals surface area contributed by atoms with Crippen molar-refractivity contribution in [2.24, 2.45) is 0 Å². The zero-order valence-corrected chi connectivity index (χ0v) is 11.7. The second kappa shape index (κ2) is 5.93. The quantitative estimate of drug-likeness (QED) is 0.907. The Bertz CT molecular complexity index is 731. The highest BCUT2D eigenvalue weighted by Crippen LogP contribution is 2.20. The highest BCUT2D eigenvalue weighted by molar-refractivity contribution is 6.30. The van der Waals surface area contributed by atoms with Gasteiger partial charge < -0.3 is 10.4 Å². The normalized spacial score (nSPS) is 10.2. The van der Waals surface area contributed by atoms with Crippen LogP contribution in [0.2, 0.25) is 5.02 Å². The minimum absolute atomic E-state index is 0.0577. The lowest BCUT2D eigenvalue weighted by molar-refractivity contribution is 0.0698. The summed E-state index contributed by atoms with van der Waals surface area (Å²) in [5.74, 6) is -2.69. The molecular weight excluding hydrogens is 297 g/mol. The molecule has 6 heteroatoms. The first-order chi connectivity index (χ1) is 9.88. The summed E-state index contributed by atoms with van der Waals surface area (Å²) in [7, 11) is 0. The fourth-order valence-corrected chi connectivity index (χ4v) is 1.97. The Morgan fingerprint density at radius 3 is 2.48 bits per heavy atom. The van der Waals surface area contributed by atoms with E-state index in [0.717, 1.165) is 11.6 Å². The van der Waals surface area contributed by atoms with Crippen LogP contribution in [0.25, 0.3) is 0 Å². The molecule has 0 fully saturated rings. The first-order valence-corrected chi connectivity index (χ1v) is 6.36. The number of amides is 1. The van der Waals surface area contributed by atoms with E-state index < -0.39 is 17.7 Å². The molecule has 4 nitrogen and oxygen atoms in total. The molecule has 0 aliphatic rings. The van der Waals surface area contributed by atoms with Gasteiger partial charge in [-0.05, 0) is 37.3 Å². The Morgan fingerprint density at radius 2 is 1.86 bits per heavy atom. The Kier molecular flexibility index (Phi) is 4.23. The summed E-state index contributed by atoms with van der Waals surface area (Å²) in [6, 6.07) is 8.18. The van der Waals surface area contributed by atoms with Gasteiger partial charge >= 0.3 is 5.97 Å². The van der Waals surface area contributed by atoms with Crippen molar-refractivity contribution >= 4 is 29.2 Å². The maximum Gasteiger partial charge on any atom is 0.337 e. The van der Waals surface area contributed by atoms with Gasteiger partial charge in [-0.15, -0.1) is 0 Å². The Hall–Kier alpha value is -2.40. The molecule has 0 spiro atoms. The van der Waals surface area contributed by atoms with E-state index in [-0.39, 0.29) is 21.8 Å². The second-order valence-electron chi connectivity index (χ2n) is 4.43. The molecular formula is C15H11ClFNO3. The average Bonchev–Trinajstić information content (AvgIpc) is 2.40. The molecule has 0 aromatic heterocycles. The van der Waals surface area contributed by atoms with Crippen molar-refractivity contribution in [3.63, 3.8) is 0 Å². The molecule has 2 aromatic rings. The van der Waals surface area contributed by atoms with Gasteiger partial charge in [0.2, 0.25) is 0 Å². The molecule has 0 unspecified atom stereocenters. The number of carboxylic acids is 1. The van der Waals surface area contributed by atoms with E-state index in [1.165, 1.54) is 24.3 Å². The number of benzene rings is 2. The van der Waals surface area contributed by atoms with Gasteiger partial charge in [0, 0.05) is 5.02 Å². The van der Waals surface area contributed by atoms with Gasteiger partial charge in [-0.3, -0.25) is 4.79 Å². The fourth-order valence-electron chi connectivity index (χ4n) is 1.81. The third-order valence-corrected chi connectivity index (χ3v) is 3.06. The second-order valence-corrected chi connectivity index (χ2v) is 4.87. The molecule has 1 amide bonds. The van der Waals surface area contributed by atoms with Gasteiger partial charge in [-0.2, -0.15) is 0 Å². The zero-order chi connectivity index (χ0) is 15.6. The van der Waals surface area contributed by atoms with Crippen LogP contribution in [0.3, 0.4) is 0 Å². The molecule has 2 aromatic carbocycles. The van der Waals surface area contributed by atoms with Crippen molar-refractivity contribution < 1.29 is 19.1 Å². The number of nitrogens with one attached hydrogen (secondary N) is 1. The van der Waals surface area contributed by atoms with Crippen LogP contribution in [-0.4, -0.2) is 17.0 Å². The van der Waals surface area contributed by atoms with Crippen LogP contribution in [0.1, 0.15) is 26.3 Å². The Labute approximate surface area is 125 Å². The number of hydrogen-bond acceptors (Lipinski definition) is 2. The number of carbonyl (C=O) groups is 2. The predicted molar refractivity (Wildman–Crippen MR) is 77.5 cm³/mol. The lowest BCUT2D eigenvalue weighted by Gasteiger charge is -2.10. The maximum atomic E-state index is 13.7. The van der Waals surface area contributed by atoms with Gasteiger partial charge in [0.1, 0.15) is 5.82 Å². The van der Waals surface area contributed by atoms with Crippen LogP contribution in [0.15, 0.2) is 36.4 Å². The SMILES string of the molecule is Cc1ccc(NC(=O)c2ccc(Cl)cc2F)c(C(=O)O)c1. The topological polar surface area (TPSA) is 66.4 Å². The minimum Gasteiger partial charge on any atom is -0.478 e. The predicted octanol–water partition coefficient (Wildman–Crippen LogP) is 3.74. The largest absolute Gasteiger partial charge is 0.478 e. The van der Waals surface area contributed by atoms with Gasteiger partial charge in [0.05, 0.1) is 16.8 Å². The summed E-state index contributed by atoms with van der Waals surface area (Å²) in [6.07, 6.45) is 0. The first kappa shape index (κ1) is 15.0. The molecule has 108 valence electrons. The van der Waals surface area contributed by atoms with E-state index in [2.05, 4.69) is 5.32 Å². The summed E-state index contributed by atoms with van der Waals surface area (Å²) >= 11 is 5.62. The molecule has 0 bridgehead atoms. The third kappa shape index (κ3) is 3.38. The Morgan fingerprint density at radius 1 is 1.14 bits per heavy atom. The van der Waals surface area contributed by atoms with E-state index in [4.69, 9.17) is 16.7 Å². The smallest absolute Gasteiger partial charge is 0.337 e. The van der Waals surface area contributed by atoms with E-state index >= 15 is 0 Å². The average molecular weight is 308 g/mol. The molecule has 0 saturated heterocycles. The van der Waals surface area contributed by atoms with Crippen LogP contribution < -0.4 is 5.32 Å². The van der Waals surface area contributed by atoms with Crippen LogP contribution in [0.5, 0.6) is 0 Å². The van der Waals surface area contributed by atoms with Crippen molar-refractivity contribution in [2.45, 2.75) is 6.92 Å². The van der Waals surface area contributed by atoms with E-state index in [1.807, 2.05) is 0 Å². The molecule has 0 atom stereocenters.